The summed E-state index contributed by atoms with van der Waals surface area (Å²) < 4.78 is 5.20. The van der Waals surface area contributed by atoms with Crippen molar-refractivity contribution in [3.8, 4) is 11.3 Å². The van der Waals surface area contributed by atoms with Crippen LogP contribution in [0.4, 0.5) is 11.6 Å². The number of piperazine rings is 1. The lowest BCUT2D eigenvalue weighted by molar-refractivity contribution is 0.0526. The Hall–Kier alpha value is -3.20. The second-order valence-electron chi connectivity index (χ2n) is 6.92. The highest BCUT2D eigenvalue weighted by atomic mass is 32.2. The molecule has 2 aromatic heterocycles. The van der Waals surface area contributed by atoms with Gasteiger partial charge in [0.15, 0.2) is 5.16 Å². The van der Waals surface area contributed by atoms with Crippen molar-refractivity contribution < 1.29 is 9.53 Å². The maximum atomic E-state index is 12.4. The molecule has 1 saturated heterocycles. The van der Waals surface area contributed by atoms with Crippen molar-refractivity contribution >= 4 is 29.4 Å². The number of thioether (sulfide) groups is 1. The number of carbonyl (C=O) groups is 1. The maximum absolute atomic E-state index is 12.4. The summed E-state index contributed by atoms with van der Waals surface area (Å²) in [6.45, 7) is 5.04. The number of aromatic nitrogens is 4. The molecular formula is C22H24N6O2S. The fourth-order valence-corrected chi connectivity index (χ4v) is 3.82. The monoisotopic (exact) mass is 436 g/mol. The molecule has 3 heterocycles. The van der Waals surface area contributed by atoms with E-state index in [-0.39, 0.29) is 0 Å². The zero-order valence-electron chi connectivity index (χ0n) is 17.6. The van der Waals surface area contributed by atoms with Gasteiger partial charge in [-0.1, -0.05) is 42.1 Å². The molecule has 3 aromatic rings. The predicted molar refractivity (Wildman–Crippen MR) is 122 cm³/mol. The highest BCUT2D eigenvalue weighted by Gasteiger charge is 2.25. The fourth-order valence-electron chi connectivity index (χ4n) is 3.48. The number of anilines is 2. The Morgan fingerprint density at radius 1 is 1.06 bits per heavy atom. The summed E-state index contributed by atoms with van der Waals surface area (Å²) in [4.78, 5) is 34.5. The van der Waals surface area contributed by atoms with E-state index in [9.17, 15) is 4.79 Å². The highest BCUT2D eigenvalue weighted by molar-refractivity contribution is 7.98. The Morgan fingerprint density at radius 3 is 2.52 bits per heavy atom. The first-order chi connectivity index (χ1) is 15.2. The Labute approximate surface area is 185 Å². The number of hydrogen-bond donors (Lipinski definition) is 0. The molecule has 1 aliphatic rings. The van der Waals surface area contributed by atoms with Crippen molar-refractivity contribution in [2.45, 2.75) is 12.1 Å². The molecule has 0 atom stereocenters. The number of hydrogen-bond acceptors (Lipinski definition) is 9. The number of ether oxygens (including phenoxy) is 1. The minimum Gasteiger partial charge on any atom is -0.462 e. The van der Waals surface area contributed by atoms with Crippen LogP contribution in [0, 0.1) is 0 Å². The summed E-state index contributed by atoms with van der Waals surface area (Å²) in [5, 5.41) is 0.633. The summed E-state index contributed by atoms with van der Waals surface area (Å²) >= 11 is 1.45. The third-order valence-corrected chi connectivity index (χ3v) is 5.61. The molecule has 0 saturated carbocycles. The lowest BCUT2D eigenvalue weighted by Gasteiger charge is -2.36. The fraction of sp³-hybridized carbons (Fsp3) is 0.318. The van der Waals surface area contributed by atoms with Gasteiger partial charge < -0.3 is 14.5 Å². The van der Waals surface area contributed by atoms with E-state index in [2.05, 4.69) is 29.7 Å². The Balaban J connectivity index is 1.51. The van der Waals surface area contributed by atoms with E-state index >= 15 is 0 Å². The van der Waals surface area contributed by atoms with Gasteiger partial charge in [0.1, 0.15) is 23.5 Å². The third-order valence-electron chi connectivity index (χ3n) is 5.05. The average molecular weight is 437 g/mol. The van der Waals surface area contributed by atoms with Crippen molar-refractivity contribution in [1.82, 2.24) is 19.9 Å². The van der Waals surface area contributed by atoms with E-state index in [4.69, 9.17) is 4.74 Å². The molecular weight excluding hydrogens is 412 g/mol. The van der Waals surface area contributed by atoms with Crippen LogP contribution in [0.15, 0.2) is 54.1 Å². The zero-order chi connectivity index (χ0) is 21.6. The van der Waals surface area contributed by atoms with Crippen molar-refractivity contribution in [1.29, 1.82) is 0 Å². The topological polar surface area (TPSA) is 84.3 Å². The molecule has 9 heteroatoms. The zero-order valence-corrected chi connectivity index (χ0v) is 18.4. The third kappa shape index (κ3) is 4.77. The van der Waals surface area contributed by atoms with Crippen LogP contribution >= 0.6 is 11.8 Å². The maximum Gasteiger partial charge on any atom is 0.343 e. The van der Waals surface area contributed by atoms with Crippen molar-refractivity contribution in [3.63, 3.8) is 0 Å². The first kappa shape index (κ1) is 21.0. The standard InChI is InChI=1S/C22H24N6O2S/c1-3-30-21(29)17-14-23-22(31-2)26-20(17)28-11-9-27(10-12-28)19-13-18(24-15-25-19)16-7-5-4-6-8-16/h4-8,13-15H,3,9-12H2,1-2H3. The molecule has 1 aliphatic heterocycles. The summed E-state index contributed by atoms with van der Waals surface area (Å²) in [6, 6.07) is 12.1. The van der Waals surface area contributed by atoms with Crippen LogP contribution in [0.5, 0.6) is 0 Å². The van der Waals surface area contributed by atoms with E-state index in [0.29, 0.717) is 36.2 Å². The molecule has 31 heavy (non-hydrogen) atoms. The van der Waals surface area contributed by atoms with Gasteiger partial charge in [0.2, 0.25) is 0 Å². The molecule has 8 nitrogen and oxygen atoms in total. The van der Waals surface area contributed by atoms with Crippen LogP contribution in [-0.4, -0.2) is 64.9 Å². The molecule has 0 aliphatic carbocycles. The molecule has 0 N–H and O–H groups in total. The van der Waals surface area contributed by atoms with Crippen LogP contribution in [0.1, 0.15) is 17.3 Å². The predicted octanol–water partition coefficient (Wildman–Crippen LogP) is 3.16. The number of esters is 1. The van der Waals surface area contributed by atoms with E-state index < -0.39 is 5.97 Å². The van der Waals surface area contributed by atoms with E-state index in [0.717, 1.165) is 30.2 Å². The first-order valence-corrected chi connectivity index (χ1v) is 11.4. The average Bonchev–Trinajstić information content (AvgIpc) is 2.84. The van der Waals surface area contributed by atoms with Gasteiger partial charge in [-0.05, 0) is 13.2 Å². The number of rotatable bonds is 6. The van der Waals surface area contributed by atoms with Gasteiger partial charge in [0.25, 0.3) is 0 Å². The number of nitrogens with zero attached hydrogens (tertiary/aromatic N) is 6. The molecule has 0 bridgehead atoms. The number of carbonyl (C=O) groups excluding carboxylic acids is 1. The second-order valence-corrected chi connectivity index (χ2v) is 7.69. The van der Waals surface area contributed by atoms with Crippen LogP contribution < -0.4 is 9.80 Å². The molecule has 0 amide bonds. The Morgan fingerprint density at radius 2 is 1.81 bits per heavy atom. The molecule has 1 aromatic carbocycles. The minimum absolute atomic E-state index is 0.313. The van der Waals surface area contributed by atoms with Gasteiger partial charge in [-0.25, -0.2) is 24.7 Å². The molecule has 0 spiro atoms. The lowest BCUT2D eigenvalue weighted by Crippen LogP contribution is -2.47. The number of benzene rings is 1. The van der Waals surface area contributed by atoms with Gasteiger partial charge >= 0.3 is 5.97 Å². The van der Waals surface area contributed by atoms with Gasteiger partial charge in [0, 0.05) is 44.0 Å². The second kappa shape index (κ2) is 9.74. The molecule has 4 rings (SSSR count). The van der Waals surface area contributed by atoms with Crippen molar-refractivity contribution in [3.05, 3.63) is 54.5 Å². The molecule has 0 unspecified atom stereocenters. The SMILES string of the molecule is CCOC(=O)c1cnc(SC)nc1N1CCN(c2cc(-c3ccccc3)ncn2)CC1. The van der Waals surface area contributed by atoms with Crippen LogP contribution in [0.3, 0.4) is 0 Å². The van der Waals surface area contributed by atoms with E-state index in [1.54, 1.807) is 19.4 Å². The lowest BCUT2D eigenvalue weighted by atomic mass is 10.1. The quantitative estimate of drug-likeness (QED) is 0.329. The van der Waals surface area contributed by atoms with Crippen LogP contribution in [0.2, 0.25) is 0 Å². The first-order valence-electron chi connectivity index (χ1n) is 10.1. The minimum atomic E-state index is -0.393. The summed E-state index contributed by atoms with van der Waals surface area (Å²) in [5.74, 6) is 1.13. The Bertz CT molecular complexity index is 1040. The van der Waals surface area contributed by atoms with Gasteiger partial charge in [-0.3, -0.25) is 0 Å². The molecule has 160 valence electrons. The summed E-state index contributed by atoms with van der Waals surface area (Å²) in [6.07, 6.45) is 5.09. The largest absolute Gasteiger partial charge is 0.462 e. The van der Waals surface area contributed by atoms with E-state index in [1.165, 1.54) is 11.8 Å². The van der Waals surface area contributed by atoms with Crippen LogP contribution in [-0.2, 0) is 4.74 Å². The smallest absolute Gasteiger partial charge is 0.343 e. The molecule has 1 fully saturated rings. The van der Waals surface area contributed by atoms with Gasteiger partial charge in [-0.2, -0.15) is 0 Å². The highest BCUT2D eigenvalue weighted by Crippen LogP contribution is 2.25. The van der Waals surface area contributed by atoms with Gasteiger partial charge in [-0.15, -0.1) is 0 Å². The van der Waals surface area contributed by atoms with Crippen molar-refractivity contribution in [2.75, 3.05) is 48.8 Å². The molecule has 0 radical (unpaired) electrons. The normalized spacial score (nSPS) is 13.9. The van der Waals surface area contributed by atoms with Crippen molar-refractivity contribution in [2.24, 2.45) is 0 Å². The van der Waals surface area contributed by atoms with Crippen LogP contribution in [0.25, 0.3) is 11.3 Å². The van der Waals surface area contributed by atoms with E-state index in [1.807, 2.05) is 42.7 Å². The van der Waals surface area contributed by atoms with Gasteiger partial charge in [0.05, 0.1) is 12.3 Å². The Kier molecular flexibility index (Phi) is 6.61. The summed E-state index contributed by atoms with van der Waals surface area (Å²) in [5.41, 5.74) is 2.37. The summed E-state index contributed by atoms with van der Waals surface area (Å²) in [7, 11) is 0.